The highest BCUT2D eigenvalue weighted by molar-refractivity contribution is 6.07. The van der Waals surface area contributed by atoms with Crippen molar-refractivity contribution in [1.29, 1.82) is 0 Å². The first kappa shape index (κ1) is 16.4. The molecule has 0 spiro atoms. The first-order valence-corrected chi connectivity index (χ1v) is 8.49. The van der Waals surface area contributed by atoms with Crippen molar-refractivity contribution in [2.45, 2.75) is 20.3 Å². The third kappa shape index (κ3) is 2.75. The zero-order valence-corrected chi connectivity index (χ0v) is 14.6. The Balaban J connectivity index is 1.70. The topological polar surface area (TPSA) is 63.9 Å². The van der Waals surface area contributed by atoms with Crippen LogP contribution in [-0.2, 0) is 6.42 Å². The van der Waals surface area contributed by atoms with Gasteiger partial charge in [0.05, 0.1) is 11.3 Å². The van der Waals surface area contributed by atoms with E-state index in [1.54, 1.807) is 17.9 Å². The Labute approximate surface area is 150 Å². The van der Waals surface area contributed by atoms with Crippen molar-refractivity contribution < 1.29 is 9.18 Å². The maximum Gasteiger partial charge on any atom is 0.261 e. The average Bonchev–Trinajstić information content (AvgIpc) is 3.06. The van der Waals surface area contributed by atoms with Crippen LogP contribution in [-0.4, -0.2) is 32.7 Å². The molecule has 2 aromatic carbocycles. The fraction of sp³-hybridized carbons (Fsp3) is 0.263. The molecule has 1 aromatic heterocycles. The first-order valence-electron chi connectivity index (χ1n) is 8.49. The molecule has 0 saturated carbocycles. The highest BCUT2D eigenvalue weighted by Gasteiger charge is 2.28. The van der Waals surface area contributed by atoms with Crippen molar-refractivity contribution in [2.24, 2.45) is 5.92 Å². The van der Waals surface area contributed by atoms with Gasteiger partial charge in [-0.05, 0) is 53.5 Å². The van der Waals surface area contributed by atoms with E-state index in [0.717, 1.165) is 17.7 Å². The van der Waals surface area contributed by atoms with Crippen molar-refractivity contribution >= 4 is 11.6 Å². The molecule has 1 amide bonds. The van der Waals surface area contributed by atoms with E-state index >= 15 is 0 Å². The quantitative estimate of drug-likeness (QED) is 0.712. The molecule has 0 N–H and O–H groups in total. The largest absolute Gasteiger partial charge is 0.308 e. The van der Waals surface area contributed by atoms with Crippen LogP contribution in [0.25, 0.3) is 5.69 Å². The summed E-state index contributed by atoms with van der Waals surface area (Å²) in [5.41, 5.74) is 2.49. The number of carbonyl (C=O) groups is 1. The summed E-state index contributed by atoms with van der Waals surface area (Å²) < 4.78 is 16.1. The summed E-state index contributed by atoms with van der Waals surface area (Å²) in [5, 5.41) is 11.2. The van der Waals surface area contributed by atoms with E-state index in [1.807, 2.05) is 24.3 Å². The Morgan fingerprint density at radius 1 is 1.23 bits per heavy atom. The molecular formula is C19H18FN5O. The van der Waals surface area contributed by atoms with Crippen LogP contribution < -0.4 is 4.90 Å². The van der Waals surface area contributed by atoms with Gasteiger partial charge in [0, 0.05) is 18.3 Å². The van der Waals surface area contributed by atoms with Gasteiger partial charge in [-0.15, -0.1) is 5.10 Å². The minimum absolute atomic E-state index is 0.0448. The molecule has 3 aromatic rings. The molecular weight excluding hydrogens is 333 g/mol. The predicted octanol–water partition coefficient (Wildman–Crippen LogP) is 2.95. The number of amides is 1. The average molecular weight is 351 g/mol. The number of carbonyl (C=O) groups excluding carboxylic acids is 1. The van der Waals surface area contributed by atoms with Crippen LogP contribution in [0.5, 0.6) is 0 Å². The van der Waals surface area contributed by atoms with Gasteiger partial charge in [0.2, 0.25) is 0 Å². The second-order valence-corrected chi connectivity index (χ2v) is 6.66. The maximum absolute atomic E-state index is 14.7. The number of aryl methyl sites for hydroxylation is 1. The number of hydrogen-bond donors (Lipinski definition) is 0. The van der Waals surface area contributed by atoms with E-state index in [-0.39, 0.29) is 11.5 Å². The zero-order valence-electron chi connectivity index (χ0n) is 14.6. The number of para-hydroxylation sites is 1. The summed E-state index contributed by atoms with van der Waals surface area (Å²) in [6, 6.07) is 12.2. The van der Waals surface area contributed by atoms with E-state index in [1.165, 1.54) is 16.8 Å². The van der Waals surface area contributed by atoms with E-state index in [9.17, 15) is 9.18 Å². The van der Waals surface area contributed by atoms with Gasteiger partial charge < -0.3 is 4.90 Å². The standard InChI is InChI=1S/C19H18FN5O/c1-12-9-14-5-3-4-6-18(14)24(11-12)19(26)16-8-7-15(10-17(16)20)25-13(2)21-22-23-25/h3-8,10,12H,9,11H2,1-2H3. The van der Waals surface area contributed by atoms with Gasteiger partial charge in [-0.1, -0.05) is 25.1 Å². The predicted molar refractivity (Wildman–Crippen MR) is 94.8 cm³/mol. The fourth-order valence-electron chi connectivity index (χ4n) is 3.41. The van der Waals surface area contributed by atoms with E-state index < -0.39 is 5.82 Å². The lowest BCUT2D eigenvalue weighted by atomic mass is 9.93. The van der Waals surface area contributed by atoms with Crippen molar-refractivity contribution in [3.63, 3.8) is 0 Å². The van der Waals surface area contributed by atoms with Crippen molar-refractivity contribution in [1.82, 2.24) is 20.2 Å². The molecule has 26 heavy (non-hydrogen) atoms. The number of fused-ring (bicyclic) bond motifs is 1. The Morgan fingerprint density at radius 3 is 2.77 bits per heavy atom. The number of anilines is 1. The molecule has 7 heteroatoms. The van der Waals surface area contributed by atoms with E-state index in [4.69, 9.17) is 0 Å². The van der Waals surface area contributed by atoms with Crippen LogP contribution in [0.15, 0.2) is 42.5 Å². The Hall–Kier alpha value is -3.09. The molecule has 0 bridgehead atoms. The lowest BCUT2D eigenvalue weighted by Crippen LogP contribution is -2.39. The lowest BCUT2D eigenvalue weighted by Gasteiger charge is -2.33. The fourth-order valence-corrected chi connectivity index (χ4v) is 3.41. The van der Waals surface area contributed by atoms with Gasteiger partial charge in [0.15, 0.2) is 5.82 Å². The lowest BCUT2D eigenvalue weighted by molar-refractivity contribution is 0.0977. The summed E-state index contributed by atoms with van der Waals surface area (Å²) in [6.45, 7) is 4.39. The molecule has 6 nitrogen and oxygen atoms in total. The van der Waals surface area contributed by atoms with Crippen molar-refractivity contribution in [2.75, 3.05) is 11.4 Å². The number of nitrogens with zero attached hydrogens (tertiary/aromatic N) is 5. The SMILES string of the molecule is Cc1nnnn1-c1ccc(C(=O)N2CC(C)Cc3ccccc32)c(F)c1. The Bertz CT molecular complexity index is 984. The zero-order chi connectivity index (χ0) is 18.3. The van der Waals surface area contributed by atoms with Gasteiger partial charge in [-0.3, -0.25) is 4.79 Å². The Kier molecular flexibility index (Phi) is 3.99. The number of hydrogen-bond acceptors (Lipinski definition) is 4. The summed E-state index contributed by atoms with van der Waals surface area (Å²) >= 11 is 0. The van der Waals surface area contributed by atoms with Gasteiger partial charge >= 0.3 is 0 Å². The third-order valence-corrected chi connectivity index (χ3v) is 4.64. The molecule has 4 rings (SSSR count). The Morgan fingerprint density at radius 2 is 2.04 bits per heavy atom. The number of benzene rings is 2. The second-order valence-electron chi connectivity index (χ2n) is 6.66. The van der Waals surface area contributed by atoms with Crippen LogP contribution in [0, 0.1) is 18.7 Å². The van der Waals surface area contributed by atoms with E-state index in [2.05, 4.69) is 22.4 Å². The van der Waals surface area contributed by atoms with Crippen molar-refractivity contribution in [3.8, 4) is 5.69 Å². The number of rotatable bonds is 2. The van der Waals surface area contributed by atoms with Gasteiger partial charge in [-0.25, -0.2) is 4.39 Å². The number of tetrazole rings is 1. The van der Waals surface area contributed by atoms with Gasteiger partial charge in [0.25, 0.3) is 5.91 Å². The maximum atomic E-state index is 14.7. The summed E-state index contributed by atoms with van der Waals surface area (Å²) in [4.78, 5) is 14.7. The summed E-state index contributed by atoms with van der Waals surface area (Å²) in [7, 11) is 0. The second kappa shape index (κ2) is 6.33. The molecule has 1 aliphatic rings. The molecule has 132 valence electrons. The van der Waals surface area contributed by atoms with Gasteiger partial charge in [-0.2, -0.15) is 4.68 Å². The molecule has 2 heterocycles. The molecule has 0 saturated heterocycles. The van der Waals surface area contributed by atoms with Crippen LogP contribution in [0.4, 0.5) is 10.1 Å². The molecule has 0 fully saturated rings. The monoisotopic (exact) mass is 351 g/mol. The van der Waals surface area contributed by atoms with E-state index in [0.29, 0.717) is 24.0 Å². The molecule has 1 atom stereocenters. The molecule has 1 aliphatic heterocycles. The first-order chi connectivity index (χ1) is 12.5. The smallest absolute Gasteiger partial charge is 0.261 e. The summed E-state index contributed by atoms with van der Waals surface area (Å²) in [5.74, 6) is -0.0538. The number of aromatic nitrogens is 4. The normalized spacial score (nSPS) is 16.4. The summed E-state index contributed by atoms with van der Waals surface area (Å²) in [6.07, 6.45) is 0.917. The highest BCUT2D eigenvalue weighted by Crippen LogP contribution is 2.31. The number of halogens is 1. The molecule has 0 radical (unpaired) electrons. The van der Waals surface area contributed by atoms with Crippen LogP contribution in [0.3, 0.4) is 0 Å². The minimum atomic E-state index is -0.585. The van der Waals surface area contributed by atoms with Gasteiger partial charge in [0.1, 0.15) is 5.82 Å². The molecule has 1 unspecified atom stereocenters. The van der Waals surface area contributed by atoms with Crippen LogP contribution in [0.1, 0.15) is 28.7 Å². The third-order valence-electron chi connectivity index (χ3n) is 4.64. The molecule has 0 aliphatic carbocycles. The van der Waals surface area contributed by atoms with Crippen LogP contribution >= 0.6 is 0 Å². The van der Waals surface area contributed by atoms with Crippen LogP contribution in [0.2, 0.25) is 0 Å². The highest BCUT2D eigenvalue weighted by atomic mass is 19.1. The van der Waals surface area contributed by atoms with Crippen molar-refractivity contribution in [3.05, 3.63) is 65.2 Å². The minimum Gasteiger partial charge on any atom is -0.308 e.